The van der Waals surface area contributed by atoms with Gasteiger partial charge in [-0.05, 0) is 83.5 Å². The molecular weight excluding hydrogens is 943 g/mol. The van der Waals surface area contributed by atoms with Crippen molar-refractivity contribution in [2.24, 2.45) is 0 Å². The summed E-state index contributed by atoms with van der Waals surface area (Å²) in [6.45, 7) is 2.61. The van der Waals surface area contributed by atoms with Crippen molar-refractivity contribution in [3.8, 4) is 0 Å². The summed E-state index contributed by atoms with van der Waals surface area (Å²) >= 11 is 0. The first-order valence-corrected chi connectivity index (χ1v) is 28.5. The highest BCUT2D eigenvalue weighted by Crippen LogP contribution is 2.30. The first-order chi connectivity index (χ1) is 36.1. The van der Waals surface area contributed by atoms with Crippen LogP contribution in [0.5, 0.6) is 0 Å². The van der Waals surface area contributed by atoms with Gasteiger partial charge in [0.1, 0.15) is 48.8 Å². The topological polar surface area (TPSA) is 228 Å². The van der Waals surface area contributed by atoms with Crippen molar-refractivity contribution in [2.75, 3.05) is 19.8 Å². The van der Waals surface area contributed by atoms with Gasteiger partial charge in [-0.1, -0.05) is 188 Å². The van der Waals surface area contributed by atoms with Gasteiger partial charge in [0.25, 0.3) is 0 Å². The molecule has 0 saturated carbocycles. The third kappa shape index (κ3) is 30.6. The lowest BCUT2D eigenvalue weighted by molar-refractivity contribution is -0.359. The van der Waals surface area contributed by atoms with E-state index in [-0.39, 0.29) is 18.9 Å². The molecule has 14 heteroatoms. The number of aliphatic hydroxyl groups is 8. The fourth-order valence-electron chi connectivity index (χ4n) is 8.66. The summed E-state index contributed by atoms with van der Waals surface area (Å²) in [6.07, 6.45) is 44.6. The third-order valence-corrected chi connectivity index (χ3v) is 13.3. The number of ether oxygens (including phenoxy) is 4. The van der Waals surface area contributed by atoms with Crippen molar-refractivity contribution in [3.05, 3.63) is 97.2 Å². The van der Waals surface area contributed by atoms with Crippen LogP contribution in [0.15, 0.2) is 97.2 Å². The molecule has 14 nitrogen and oxygen atoms in total. The molecule has 12 unspecified atom stereocenters. The number of carbonyl (C=O) groups excluding carboxylic acids is 1. The number of aliphatic hydroxyl groups excluding tert-OH is 8. The van der Waals surface area contributed by atoms with Crippen molar-refractivity contribution in [3.63, 3.8) is 0 Å². The van der Waals surface area contributed by atoms with Crippen molar-refractivity contribution < 1.29 is 64.6 Å². The maximum atomic E-state index is 13.2. The van der Waals surface area contributed by atoms with Crippen LogP contribution in [0.2, 0.25) is 0 Å². The van der Waals surface area contributed by atoms with Gasteiger partial charge in [0, 0.05) is 6.42 Å². The molecule has 0 spiro atoms. The molecular formula is C60H101NO13. The van der Waals surface area contributed by atoms with Crippen LogP contribution in [0.25, 0.3) is 0 Å². The Morgan fingerprint density at radius 2 is 0.946 bits per heavy atom. The van der Waals surface area contributed by atoms with E-state index in [0.29, 0.717) is 12.8 Å². The molecule has 2 heterocycles. The number of nitrogens with one attached hydrogen (secondary N) is 1. The Labute approximate surface area is 445 Å². The standard InChI is InChI=1S/C60H101NO13/c1-3-5-7-9-11-13-15-16-17-18-19-20-21-22-23-24-25-26-27-28-29-30-31-32-34-36-38-40-42-44-52(65)61-48(49(64)43-41-39-37-35-33-14-12-10-8-6-4-2)47-71-59-57(70)55(68)58(51(46-63)73-59)74-60-56(69)54(67)53(66)50(45-62)72-60/h5,7,11,13,16-17,19-20,22-23,25-26,33,35,41,43,48-51,53-60,62-64,66-70H,3-4,6,8-10,12,14-15,18,21,24,27-32,34,36-40,42,44-47H2,1-2H3,(H,61,65)/b7-5-,13-11-,17-16-,20-19-,23-22-,26-25-,35-33+,43-41+. The van der Waals surface area contributed by atoms with Crippen LogP contribution in [0, 0.1) is 0 Å². The molecule has 0 aromatic carbocycles. The second-order valence-corrected chi connectivity index (χ2v) is 19.7. The zero-order valence-corrected chi connectivity index (χ0v) is 45.3. The molecule has 0 aliphatic carbocycles. The summed E-state index contributed by atoms with van der Waals surface area (Å²) < 4.78 is 22.7. The molecule has 0 aromatic heterocycles. The van der Waals surface area contributed by atoms with Crippen molar-refractivity contribution in [1.82, 2.24) is 5.32 Å². The maximum absolute atomic E-state index is 13.2. The molecule has 1 amide bonds. The van der Waals surface area contributed by atoms with Crippen molar-refractivity contribution in [2.45, 2.75) is 254 Å². The van der Waals surface area contributed by atoms with Crippen molar-refractivity contribution in [1.29, 1.82) is 0 Å². The maximum Gasteiger partial charge on any atom is 0.220 e. The SMILES string of the molecule is CC/C=C\C/C=C\C/C=C\C/C=C\C/C=C\C/C=C\CCCCCCCCCCCCC(=O)NC(COC1OC(CO)C(OC2OC(CO)C(O)C(O)C2O)C(O)C1O)C(O)/C=C/CC/C=C/CCCCCCC. The summed E-state index contributed by atoms with van der Waals surface area (Å²) in [4.78, 5) is 13.2. The van der Waals surface area contributed by atoms with Crippen LogP contribution in [-0.2, 0) is 23.7 Å². The lowest BCUT2D eigenvalue weighted by Gasteiger charge is -2.46. The number of hydrogen-bond donors (Lipinski definition) is 9. The Bertz CT molecular complexity index is 1610. The van der Waals surface area contributed by atoms with Gasteiger partial charge < -0.3 is 65.1 Å². The molecule has 12 atom stereocenters. The van der Waals surface area contributed by atoms with E-state index in [1.54, 1.807) is 6.08 Å². The second kappa shape index (κ2) is 45.0. The predicted molar refractivity (Wildman–Crippen MR) is 295 cm³/mol. The molecule has 9 N–H and O–H groups in total. The zero-order valence-electron chi connectivity index (χ0n) is 45.3. The normalized spacial score (nSPS) is 26.0. The summed E-state index contributed by atoms with van der Waals surface area (Å²) in [6, 6.07) is -0.938. The smallest absolute Gasteiger partial charge is 0.220 e. The monoisotopic (exact) mass is 1040 g/mol. The molecule has 2 aliphatic rings. The molecule has 74 heavy (non-hydrogen) atoms. The molecule has 424 valence electrons. The van der Waals surface area contributed by atoms with Crippen LogP contribution < -0.4 is 5.32 Å². The average Bonchev–Trinajstić information content (AvgIpc) is 3.40. The summed E-state index contributed by atoms with van der Waals surface area (Å²) in [5, 5.41) is 86.8. The Hall–Kier alpha value is -3.09. The zero-order chi connectivity index (χ0) is 53.9. The predicted octanol–water partition coefficient (Wildman–Crippen LogP) is 9.10. The highest BCUT2D eigenvalue weighted by molar-refractivity contribution is 5.76. The quantitative estimate of drug-likeness (QED) is 0.0205. The fraction of sp³-hybridized carbons (Fsp3) is 0.717. The van der Waals surface area contributed by atoms with Crippen LogP contribution in [0.4, 0.5) is 0 Å². The Morgan fingerprint density at radius 1 is 0.500 bits per heavy atom. The highest BCUT2D eigenvalue weighted by atomic mass is 16.7. The minimum atomic E-state index is -1.79. The Balaban J connectivity index is 1.71. The van der Waals surface area contributed by atoms with E-state index < -0.39 is 86.8 Å². The van der Waals surface area contributed by atoms with E-state index in [2.05, 4.69) is 104 Å². The largest absolute Gasteiger partial charge is 0.394 e. The van der Waals surface area contributed by atoms with Crippen LogP contribution in [0.3, 0.4) is 0 Å². The molecule has 2 saturated heterocycles. The number of unbranched alkanes of at least 4 members (excludes halogenated alkanes) is 16. The van der Waals surface area contributed by atoms with E-state index >= 15 is 0 Å². The van der Waals surface area contributed by atoms with Gasteiger partial charge in [-0.2, -0.15) is 0 Å². The van der Waals surface area contributed by atoms with Crippen molar-refractivity contribution >= 4 is 5.91 Å². The van der Waals surface area contributed by atoms with Gasteiger partial charge in [-0.3, -0.25) is 4.79 Å². The molecule has 2 fully saturated rings. The van der Waals surface area contributed by atoms with Gasteiger partial charge in [-0.15, -0.1) is 0 Å². The number of hydrogen-bond acceptors (Lipinski definition) is 13. The molecule has 2 rings (SSSR count). The lowest BCUT2D eigenvalue weighted by atomic mass is 9.97. The van der Waals surface area contributed by atoms with E-state index in [9.17, 15) is 45.6 Å². The Kier molecular flexibility index (Phi) is 40.7. The van der Waals surface area contributed by atoms with Gasteiger partial charge in [-0.25, -0.2) is 0 Å². The van der Waals surface area contributed by atoms with E-state index in [1.165, 1.54) is 70.6 Å². The van der Waals surface area contributed by atoms with Gasteiger partial charge in [0.15, 0.2) is 12.6 Å². The molecule has 0 bridgehead atoms. The molecule has 0 radical (unpaired) electrons. The first kappa shape index (κ1) is 67.0. The van der Waals surface area contributed by atoms with Gasteiger partial charge in [0.2, 0.25) is 5.91 Å². The average molecular weight is 1040 g/mol. The van der Waals surface area contributed by atoms with E-state index in [4.69, 9.17) is 18.9 Å². The second-order valence-electron chi connectivity index (χ2n) is 19.7. The number of allylic oxidation sites excluding steroid dienone is 15. The van der Waals surface area contributed by atoms with Crippen LogP contribution in [0.1, 0.15) is 181 Å². The fourth-order valence-corrected chi connectivity index (χ4v) is 8.66. The summed E-state index contributed by atoms with van der Waals surface area (Å²) in [5.41, 5.74) is 0. The first-order valence-electron chi connectivity index (χ1n) is 28.5. The van der Waals surface area contributed by atoms with Gasteiger partial charge in [0.05, 0.1) is 32.0 Å². The minimum absolute atomic E-state index is 0.261. The van der Waals surface area contributed by atoms with Crippen LogP contribution >= 0.6 is 0 Å². The number of carbonyl (C=O) groups is 1. The lowest BCUT2D eigenvalue weighted by Crippen LogP contribution is -2.65. The third-order valence-electron chi connectivity index (χ3n) is 13.3. The summed E-state index contributed by atoms with van der Waals surface area (Å²) in [5.74, 6) is -0.261. The highest BCUT2D eigenvalue weighted by Gasteiger charge is 2.51. The van der Waals surface area contributed by atoms with Crippen LogP contribution in [-0.4, -0.2) is 140 Å². The van der Waals surface area contributed by atoms with E-state index in [0.717, 1.165) is 77.0 Å². The Morgan fingerprint density at radius 3 is 1.49 bits per heavy atom. The van der Waals surface area contributed by atoms with Gasteiger partial charge >= 0.3 is 0 Å². The molecule has 2 aliphatic heterocycles. The summed E-state index contributed by atoms with van der Waals surface area (Å²) in [7, 11) is 0. The number of rotatable bonds is 43. The number of amides is 1. The molecule has 0 aromatic rings. The minimum Gasteiger partial charge on any atom is -0.394 e. The van der Waals surface area contributed by atoms with E-state index in [1.807, 2.05) is 6.08 Å².